The van der Waals surface area contributed by atoms with Gasteiger partial charge >= 0.3 is 5.97 Å². The van der Waals surface area contributed by atoms with Crippen LogP contribution in [0.25, 0.3) is 0 Å². The molecule has 0 bridgehead atoms. The van der Waals surface area contributed by atoms with Gasteiger partial charge in [-0.1, -0.05) is 42.5 Å². The van der Waals surface area contributed by atoms with Crippen LogP contribution in [0.1, 0.15) is 28.2 Å². The van der Waals surface area contributed by atoms with E-state index in [4.69, 9.17) is 9.47 Å². The molecule has 1 N–H and O–H groups in total. The highest BCUT2D eigenvalue weighted by molar-refractivity contribution is 5.94. The van der Waals surface area contributed by atoms with Crippen molar-refractivity contribution in [2.24, 2.45) is 0 Å². The molecule has 0 spiro atoms. The zero-order valence-electron chi connectivity index (χ0n) is 16.3. The summed E-state index contributed by atoms with van der Waals surface area (Å²) < 4.78 is 11.3. The van der Waals surface area contributed by atoms with E-state index in [1.165, 1.54) is 0 Å². The third-order valence-electron chi connectivity index (χ3n) is 4.77. The molecule has 3 aromatic carbocycles. The van der Waals surface area contributed by atoms with Gasteiger partial charge in [0.05, 0.1) is 0 Å². The summed E-state index contributed by atoms with van der Waals surface area (Å²) >= 11 is 0. The average Bonchev–Trinajstić information content (AvgIpc) is 2.69. The number of amides is 1. The van der Waals surface area contributed by atoms with Crippen LogP contribution < -0.4 is 10.1 Å². The molecule has 0 fully saturated rings. The van der Waals surface area contributed by atoms with Gasteiger partial charge in [0.1, 0.15) is 17.4 Å². The molecule has 146 valence electrons. The second-order valence-electron chi connectivity index (χ2n) is 7.14. The summed E-state index contributed by atoms with van der Waals surface area (Å²) in [6.07, 6.45) is 0. The van der Waals surface area contributed by atoms with Crippen LogP contribution in [-0.4, -0.2) is 18.5 Å². The lowest BCUT2D eigenvalue weighted by Gasteiger charge is -2.26. The Morgan fingerprint density at radius 3 is 2.03 bits per heavy atom. The van der Waals surface area contributed by atoms with Gasteiger partial charge in [-0.2, -0.15) is 0 Å². The molecule has 4 rings (SSSR count). The predicted octanol–water partition coefficient (Wildman–Crippen LogP) is 4.72. The van der Waals surface area contributed by atoms with Crippen LogP contribution in [0.2, 0.25) is 0 Å². The molecule has 5 heteroatoms. The molecule has 0 saturated carbocycles. The summed E-state index contributed by atoms with van der Waals surface area (Å²) in [5.41, 5.74) is 4.24. The average molecular weight is 387 g/mol. The molecule has 3 aromatic rings. The van der Waals surface area contributed by atoms with E-state index in [1.807, 2.05) is 80.6 Å². The number of carbonyl (C=O) groups excluding carboxylic acids is 2. The number of fused-ring (bicyclic) bond motifs is 2. The Labute approximate surface area is 169 Å². The van der Waals surface area contributed by atoms with Crippen LogP contribution in [0.5, 0.6) is 11.5 Å². The third kappa shape index (κ3) is 3.99. The second-order valence-corrected chi connectivity index (χ2v) is 7.14. The molecule has 1 aliphatic rings. The number of benzene rings is 3. The Balaban J connectivity index is 1.49. The van der Waals surface area contributed by atoms with Crippen molar-refractivity contribution in [3.8, 4) is 11.5 Å². The van der Waals surface area contributed by atoms with Gasteiger partial charge in [0.15, 0.2) is 6.61 Å². The fourth-order valence-electron chi connectivity index (χ4n) is 3.63. The standard InChI is InChI=1S/C24H21NO4/c1-15-11-16(2)13-17(12-15)25-22(26)14-28-24(27)23-18-7-3-5-9-20(18)29-21-10-6-4-8-19(21)23/h3-13,23H,14H2,1-2H3,(H,25,26). The van der Waals surface area contributed by atoms with Gasteiger partial charge in [0.2, 0.25) is 0 Å². The maximum absolute atomic E-state index is 12.9. The zero-order valence-corrected chi connectivity index (χ0v) is 16.3. The van der Waals surface area contributed by atoms with Crippen molar-refractivity contribution in [2.45, 2.75) is 19.8 Å². The first-order chi connectivity index (χ1) is 14.0. The monoisotopic (exact) mass is 387 g/mol. The van der Waals surface area contributed by atoms with Gasteiger partial charge in [-0.05, 0) is 49.2 Å². The summed E-state index contributed by atoms with van der Waals surface area (Å²) in [6.45, 7) is 3.57. The van der Waals surface area contributed by atoms with Crippen molar-refractivity contribution in [3.63, 3.8) is 0 Å². The van der Waals surface area contributed by atoms with E-state index in [9.17, 15) is 9.59 Å². The van der Waals surface area contributed by atoms with E-state index >= 15 is 0 Å². The Bertz CT molecular complexity index is 1020. The molecule has 0 unspecified atom stereocenters. The molecule has 5 nitrogen and oxygen atoms in total. The lowest BCUT2D eigenvalue weighted by Crippen LogP contribution is -2.26. The van der Waals surface area contributed by atoms with Crippen molar-refractivity contribution in [1.82, 2.24) is 0 Å². The Morgan fingerprint density at radius 1 is 0.897 bits per heavy atom. The number of para-hydroxylation sites is 2. The Hall–Kier alpha value is -3.60. The van der Waals surface area contributed by atoms with Crippen molar-refractivity contribution in [2.75, 3.05) is 11.9 Å². The SMILES string of the molecule is Cc1cc(C)cc(NC(=O)COC(=O)C2c3ccccc3Oc3ccccc32)c1. The van der Waals surface area contributed by atoms with Gasteiger partial charge in [-0.3, -0.25) is 9.59 Å². The fraction of sp³-hybridized carbons (Fsp3) is 0.167. The van der Waals surface area contributed by atoms with Crippen molar-refractivity contribution < 1.29 is 19.1 Å². The second kappa shape index (κ2) is 7.80. The third-order valence-corrected chi connectivity index (χ3v) is 4.77. The summed E-state index contributed by atoms with van der Waals surface area (Å²) in [5.74, 6) is -0.258. The highest BCUT2D eigenvalue weighted by atomic mass is 16.5. The van der Waals surface area contributed by atoms with Crippen molar-refractivity contribution >= 4 is 17.6 Å². The van der Waals surface area contributed by atoms with E-state index in [1.54, 1.807) is 0 Å². The number of hydrogen-bond donors (Lipinski definition) is 1. The van der Waals surface area contributed by atoms with E-state index in [2.05, 4.69) is 5.32 Å². The largest absolute Gasteiger partial charge is 0.457 e. The number of ether oxygens (including phenoxy) is 2. The van der Waals surface area contributed by atoms with E-state index in [-0.39, 0.29) is 12.5 Å². The number of aryl methyl sites for hydroxylation is 2. The summed E-state index contributed by atoms with van der Waals surface area (Å²) in [4.78, 5) is 25.2. The summed E-state index contributed by atoms with van der Waals surface area (Å²) in [7, 11) is 0. The number of nitrogens with one attached hydrogen (secondary N) is 1. The fourth-order valence-corrected chi connectivity index (χ4v) is 3.63. The highest BCUT2D eigenvalue weighted by Gasteiger charge is 2.33. The van der Waals surface area contributed by atoms with Crippen molar-refractivity contribution in [1.29, 1.82) is 0 Å². The molecule has 29 heavy (non-hydrogen) atoms. The zero-order chi connectivity index (χ0) is 20.4. The van der Waals surface area contributed by atoms with Crippen LogP contribution in [0, 0.1) is 13.8 Å². The lowest BCUT2D eigenvalue weighted by molar-refractivity contribution is -0.148. The number of anilines is 1. The van der Waals surface area contributed by atoms with Gasteiger partial charge in [-0.15, -0.1) is 0 Å². The minimum absolute atomic E-state index is 0.354. The van der Waals surface area contributed by atoms with Crippen molar-refractivity contribution in [3.05, 3.63) is 89.0 Å². The minimum atomic E-state index is -0.634. The maximum Gasteiger partial charge on any atom is 0.318 e. The van der Waals surface area contributed by atoms with E-state index in [0.29, 0.717) is 17.2 Å². The molecule has 0 radical (unpaired) electrons. The van der Waals surface area contributed by atoms with Gasteiger partial charge < -0.3 is 14.8 Å². The van der Waals surface area contributed by atoms with Crippen LogP contribution in [-0.2, 0) is 14.3 Å². The molecular weight excluding hydrogens is 366 g/mol. The van der Waals surface area contributed by atoms with Crippen LogP contribution >= 0.6 is 0 Å². The first-order valence-electron chi connectivity index (χ1n) is 9.42. The smallest absolute Gasteiger partial charge is 0.318 e. The first kappa shape index (κ1) is 18.7. The molecule has 0 atom stereocenters. The molecule has 0 aromatic heterocycles. The molecule has 1 amide bonds. The molecule has 0 aliphatic carbocycles. The van der Waals surface area contributed by atoms with Gasteiger partial charge in [-0.25, -0.2) is 0 Å². The van der Waals surface area contributed by atoms with Crippen LogP contribution in [0.15, 0.2) is 66.7 Å². The number of carbonyl (C=O) groups is 2. The Morgan fingerprint density at radius 2 is 1.45 bits per heavy atom. The quantitative estimate of drug-likeness (QED) is 0.658. The maximum atomic E-state index is 12.9. The van der Waals surface area contributed by atoms with Gasteiger partial charge in [0, 0.05) is 16.8 Å². The normalized spacial score (nSPS) is 12.3. The molecule has 1 heterocycles. The van der Waals surface area contributed by atoms with Gasteiger partial charge in [0.25, 0.3) is 5.91 Å². The Kier molecular flexibility index (Phi) is 5.04. The minimum Gasteiger partial charge on any atom is -0.457 e. The first-order valence-corrected chi connectivity index (χ1v) is 9.42. The number of rotatable bonds is 4. The number of esters is 1. The topological polar surface area (TPSA) is 64.6 Å². The molecule has 1 aliphatic heterocycles. The van der Waals surface area contributed by atoms with Crippen LogP contribution in [0.3, 0.4) is 0 Å². The predicted molar refractivity (Wildman–Crippen MR) is 110 cm³/mol. The van der Waals surface area contributed by atoms with E-state index < -0.39 is 11.9 Å². The molecule has 0 saturated heterocycles. The summed E-state index contributed by atoms with van der Waals surface area (Å²) in [6, 6.07) is 20.5. The van der Waals surface area contributed by atoms with E-state index in [0.717, 1.165) is 22.3 Å². The van der Waals surface area contributed by atoms with Crippen LogP contribution in [0.4, 0.5) is 5.69 Å². The summed E-state index contributed by atoms with van der Waals surface area (Å²) in [5, 5.41) is 2.78. The highest BCUT2D eigenvalue weighted by Crippen LogP contribution is 2.44. The number of hydrogen-bond acceptors (Lipinski definition) is 4. The molecular formula is C24H21NO4. The lowest BCUT2D eigenvalue weighted by atomic mass is 9.88.